The number of pyridine rings is 1. The van der Waals surface area contributed by atoms with Gasteiger partial charge in [-0.15, -0.1) is 0 Å². The summed E-state index contributed by atoms with van der Waals surface area (Å²) >= 11 is 0. The molecular formula is C24H18F2N4O4. The van der Waals surface area contributed by atoms with Gasteiger partial charge in [0.1, 0.15) is 40.8 Å². The topological polar surface area (TPSA) is 102 Å². The highest BCUT2D eigenvalue weighted by Gasteiger charge is 2.59. The van der Waals surface area contributed by atoms with Crippen molar-refractivity contribution in [3.05, 3.63) is 71.4 Å². The van der Waals surface area contributed by atoms with Crippen LogP contribution in [0.2, 0.25) is 0 Å². The maximum atomic E-state index is 13.8. The molecule has 3 heterocycles. The third-order valence-electron chi connectivity index (χ3n) is 6.13. The second-order valence-corrected chi connectivity index (χ2v) is 8.34. The summed E-state index contributed by atoms with van der Waals surface area (Å²) in [5.41, 5.74) is 1.63. The van der Waals surface area contributed by atoms with E-state index in [9.17, 15) is 18.4 Å². The Hall–Kier alpha value is -4.21. The SMILES string of the molecule is O=C1CCc2c(Oc3ccc4c(c3)[C@H]3[C@@H](NC(=O)Nc5ccc(F)cc5F)[C@H]3O4)ccnc2N1. The molecule has 3 N–H and O–H groups in total. The Kier molecular flexibility index (Phi) is 4.61. The van der Waals surface area contributed by atoms with Gasteiger partial charge in [-0.1, -0.05) is 0 Å². The standard InChI is InChI=1S/C24H18F2N4O4/c25-11-1-4-16(15(26)9-11)28-24(32)30-21-20-14-10-12(2-5-17(14)34-22(20)21)33-18-7-8-27-23-13(18)3-6-19(31)29-23/h1-2,4-5,7-10,20-22H,3,6H2,(H,27,29,31)(H2,28,30,32)/t20-,21+,22-/m0/s1. The minimum Gasteiger partial charge on any atom is -0.487 e. The minimum absolute atomic E-state index is 0.0620. The first-order valence-corrected chi connectivity index (χ1v) is 10.7. The predicted octanol–water partition coefficient (Wildman–Crippen LogP) is 4.09. The van der Waals surface area contributed by atoms with Crippen LogP contribution in [0.15, 0.2) is 48.7 Å². The number of fused-ring (bicyclic) bond motifs is 4. The molecule has 6 rings (SSSR count). The maximum Gasteiger partial charge on any atom is 0.319 e. The molecule has 0 saturated heterocycles. The number of nitrogens with zero attached hydrogens (tertiary/aromatic N) is 1. The number of nitrogens with one attached hydrogen (secondary N) is 3. The number of carbonyl (C=O) groups excluding carboxylic acids is 2. The fourth-order valence-corrected chi connectivity index (χ4v) is 4.46. The molecule has 2 aliphatic heterocycles. The number of anilines is 2. The number of ether oxygens (including phenoxy) is 2. The Morgan fingerprint density at radius 3 is 2.88 bits per heavy atom. The van der Waals surface area contributed by atoms with Crippen molar-refractivity contribution in [1.29, 1.82) is 0 Å². The van der Waals surface area contributed by atoms with Crippen LogP contribution in [0.1, 0.15) is 23.5 Å². The Bertz CT molecular complexity index is 1350. The zero-order chi connectivity index (χ0) is 23.4. The van der Waals surface area contributed by atoms with Gasteiger partial charge in [0.25, 0.3) is 0 Å². The van der Waals surface area contributed by atoms with E-state index in [1.54, 1.807) is 18.3 Å². The van der Waals surface area contributed by atoms with Gasteiger partial charge in [-0.2, -0.15) is 0 Å². The van der Waals surface area contributed by atoms with Crippen LogP contribution >= 0.6 is 0 Å². The van der Waals surface area contributed by atoms with Crippen LogP contribution in [0.5, 0.6) is 17.2 Å². The lowest BCUT2D eigenvalue weighted by atomic mass is 10.1. The number of hydrogen-bond donors (Lipinski definition) is 3. The largest absolute Gasteiger partial charge is 0.487 e. The molecule has 3 atom stereocenters. The van der Waals surface area contributed by atoms with Crippen molar-refractivity contribution in [2.45, 2.75) is 30.9 Å². The van der Waals surface area contributed by atoms with Gasteiger partial charge in [-0.05, 0) is 42.8 Å². The van der Waals surface area contributed by atoms with Crippen molar-refractivity contribution in [2.24, 2.45) is 0 Å². The number of benzene rings is 2. The second kappa shape index (κ2) is 7.68. The fraction of sp³-hybridized carbons (Fsp3) is 0.208. The molecule has 1 fully saturated rings. The summed E-state index contributed by atoms with van der Waals surface area (Å²) in [6.07, 6.45) is 2.26. The average Bonchev–Trinajstić information content (AvgIpc) is 3.32. The number of rotatable bonds is 4. The molecule has 34 heavy (non-hydrogen) atoms. The van der Waals surface area contributed by atoms with Crippen molar-refractivity contribution in [3.8, 4) is 17.2 Å². The molecule has 2 aromatic carbocycles. The molecule has 1 saturated carbocycles. The highest BCUT2D eigenvalue weighted by molar-refractivity contribution is 5.93. The van der Waals surface area contributed by atoms with Crippen LogP contribution in [0, 0.1) is 11.6 Å². The zero-order valence-electron chi connectivity index (χ0n) is 17.6. The van der Waals surface area contributed by atoms with E-state index < -0.39 is 17.7 Å². The summed E-state index contributed by atoms with van der Waals surface area (Å²) in [6.45, 7) is 0. The first-order chi connectivity index (χ1) is 16.5. The maximum absolute atomic E-state index is 13.8. The normalized spacial score (nSPS) is 21.4. The van der Waals surface area contributed by atoms with Gasteiger partial charge < -0.3 is 25.4 Å². The first kappa shape index (κ1) is 20.4. The lowest BCUT2D eigenvalue weighted by Crippen LogP contribution is -2.34. The summed E-state index contributed by atoms with van der Waals surface area (Å²) in [5, 5.41) is 7.92. The second-order valence-electron chi connectivity index (χ2n) is 8.34. The van der Waals surface area contributed by atoms with Crippen molar-refractivity contribution >= 4 is 23.4 Å². The molecule has 10 heteroatoms. The molecule has 8 nitrogen and oxygen atoms in total. The van der Waals surface area contributed by atoms with E-state index >= 15 is 0 Å². The Morgan fingerprint density at radius 2 is 2.03 bits per heavy atom. The number of hydrogen-bond acceptors (Lipinski definition) is 5. The number of amides is 3. The molecule has 3 amide bonds. The number of urea groups is 1. The quantitative estimate of drug-likeness (QED) is 0.540. The van der Waals surface area contributed by atoms with E-state index in [-0.39, 0.29) is 29.7 Å². The molecule has 0 spiro atoms. The van der Waals surface area contributed by atoms with Crippen molar-refractivity contribution in [3.63, 3.8) is 0 Å². The molecule has 0 bridgehead atoms. The minimum atomic E-state index is -0.854. The fourth-order valence-electron chi connectivity index (χ4n) is 4.46. The summed E-state index contributed by atoms with van der Waals surface area (Å²) in [5.74, 6) is 0.725. The third-order valence-corrected chi connectivity index (χ3v) is 6.13. The molecular weight excluding hydrogens is 446 g/mol. The number of halogens is 2. The van der Waals surface area contributed by atoms with Crippen molar-refractivity contribution in [1.82, 2.24) is 10.3 Å². The van der Waals surface area contributed by atoms with Gasteiger partial charge in [0.05, 0.1) is 17.6 Å². The van der Waals surface area contributed by atoms with Gasteiger partial charge in [0.15, 0.2) is 0 Å². The molecule has 172 valence electrons. The van der Waals surface area contributed by atoms with Crippen molar-refractivity contribution in [2.75, 3.05) is 10.6 Å². The molecule has 3 aromatic rings. The summed E-state index contributed by atoms with van der Waals surface area (Å²) < 4.78 is 38.9. The van der Waals surface area contributed by atoms with E-state index in [1.807, 2.05) is 12.1 Å². The molecule has 0 unspecified atom stereocenters. The lowest BCUT2D eigenvalue weighted by Gasteiger charge is -2.19. The van der Waals surface area contributed by atoms with Gasteiger partial charge in [0, 0.05) is 29.8 Å². The Balaban J connectivity index is 1.15. The van der Waals surface area contributed by atoms with E-state index in [0.29, 0.717) is 36.2 Å². The highest BCUT2D eigenvalue weighted by Crippen LogP contribution is 2.54. The van der Waals surface area contributed by atoms with Gasteiger partial charge in [-0.3, -0.25) is 4.79 Å². The highest BCUT2D eigenvalue weighted by atomic mass is 19.1. The summed E-state index contributed by atoms with van der Waals surface area (Å²) in [4.78, 5) is 28.1. The van der Waals surface area contributed by atoms with Crippen LogP contribution in [-0.4, -0.2) is 29.1 Å². The van der Waals surface area contributed by atoms with E-state index in [4.69, 9.17) is 9.47 Å². The van der Waals surface area contributed by atoms with E-state index in [2.05, 4.69) is 20.9 Å². The molecule has 3 aliphatic rings. The lowest BCUT2D eigenvalue weighted by molar-refractivity contribution is -0.116. The monoisotopic (exact) mass is 464 g/mol. The smallest absolute Gasteiger partial charge is 0.319 e. The summed E-state index contributed by atoms with van der Waals surface area (Å²) in [6, 6.07) is 9.28. The van der Waals surface area contributed by atoms with Gasteiger partial charge >= 0.3 is 6.03 Å². The van der Waals surface area contributed by atoms with Gasteiger partial charge in [-0.25, -0.2) is 18.6 Å². The number of carbonyl (C=O) groups is 2. The van der Waals surface area contributed by atoms with Crippen molar-refractivity contribution < 1.29 is 27.8 Å². The number of aromatic nitrogens is 1. The Morgan fingerprint density at radius 1 is 1.15 bits per heavy atom. The first-order valence-electron chi connectivity index (χ1n) is 10.7. The van der Waals surface area contributed by atoms with Crippen LogP contribution < -0.4 is 25.4 Å². The summed E-state index contributed by atoms with van der Waals surface area (Å²) in [7, 11) is 0. The van der Waals surface area contributed by atoms with Crippen LogP contribution in [0.4, 0.5) is 25.1 Å². The van der Waals surface area contributed by atoms with Gasteiger partial charge in [0.2, 0.25) is 5.91 Å². The molecule has 1 aromatic heterocycles. The van der Waals surface area contributed by atoms with E-state index in [1.165, 1.54) is 0 Å². The average molecular weight is 464 g/mol. The van der Waals surface area contributed by atoms with E-state index in [0.717, 1.165) is 29.0 Å². The molecule has 1 aliphatic carbocycles. The van der Waals surface area contributed by atoms with Crippen LogP contribution in [0.25, 0.3) is 0 Å². The third kappa shape index (κ3) is 3.57. The van der Waals surface area contributed by atoms with Crippen LogP contribution in [-0.2, 0) is 11.2 Å². The zero-order valence-corrected chi connectivity index (χ0v) is 17.6. The predicted molar refractivity (Wildman–Crippen MR) is 117 cm³/mol. The van der Waals surface area contributed by atoms with Crippen LogP contribution in [0.3, 0.4) is 0 Å². The Labute approximate surface area is 192 Å². The molecule has 0 radical (unpaired) electrons.